The van der Waals surface area contributed by atoms with E-state index in [1.807, 2.05) is 20.0 Å². The van der Waals surface area contributed by atoms with Crippen molar-refractivity contribution in [3.63, 3.8) is 0 Å². The summed E-state index contributed by atoms with van der Waals surface area (Å²) in [7, 11) is 1.67. The molecule has 0 spiro atoms. The van der Waals surface area contributed by atoms with Gasteiger partial charge in [-0.15, -0.1) is 5.10 Å². The molecule has 1 heterocycles. The van der Waals surface area contributed by atoms with Crippen LogP contribution in [0.5, 0.6) is 0 Å². The first kappa shape index (κ1) is 16.9. The average molecular weight is 293 g/mol. The highest BCUT2D eigenvalue weighted by atomic mass is 19.4. The third-order valence-corrected chi connectivity index (χ3v) is 2.77. The van der Waals surface area contributed by atoms with E-state index in [9.17, 15) is 13.2 Å². The second kappa shape index (κ2) is 7.58. The molecular formula is C12H22F3N5. The van der Waals surface area contributed by atoms with Crippen molar-refractivity contribution in [2.24, 2.45) is 0 Å². The normalized spacial score (nSPS) is 12.6. The molecule has 0 amide bonds. The lowest BCUT2D eigenvalue weighted by Crippen LogP contribution is -2.27. The Balaban J connectivity index is 2.27. The minimum atomic E-state index is -4.10. The van der Waals surface area contributed by atoms with E-state index < -0.39 is 12.6 Å². The fourth-order valence-corrected chi connectivity index (χ4v) is 1.54. The Morgan fingerprint density at radius 1 is 1.35 bits per heavy atom. The van der Waals surface area contributed by atoms with Gasteiger partial charge < -0.3 is 10.2 Å². The van der Waals surface area contributed by atoms with Crippen LogP contribution >= 0.6 is 0 Å². The maximum atomic E-state index is 12.1. The highest BCUT2D eigenvalue weighted by molar-refractivity contribution is 4.91. The van der Waals surface area contributed by atoms with Crippen molar-refractivity contribution in [1.82, 2.24) is 25.2 Å². The molecular weight excluding hydrogens is 271 g/mol. The maximum absolute atomic E-state index is 12.1. The van der Waals surface area contributed by atoms with Gasteiger partial charge in [-0.1, -0.05) is 19.1 Å². The standard InChI is InChI=1S/C12H22F3N5/c1-10(2)16-8-11-9-20(18-17-11)7-6-19(3)5-4-12(13,14)15/h9-10,16H,4-8H2,1-3H3. The van der Waals surface area contributed by atoms with Crippen molar-refractivity contribution in [3.8, 4) is 0 Å². The van der Waals surface area contributed by atoms with Gasteiger partial charge in [0.15, 0.2) is 0 Å². The summed E-state index contributed by atoms with van der Waals surface area (Å²) in [5, 5.41) is 11.2. The van der Waals surface area contributed by atoms with Crippen LogP contribution in [0.2, 0.25) is 0 Å². The van der Waals surface area contributed by atoms with Gasteiger partial charge in [-0.05, 0) is 7.05 Å². The first-order valence-electron chi connectivity index (χ1n) is 6.64. The largest absolute Gasteiger partial charge is 0.390 e. The Kier molecular flexibility index (Phi) is 6.41. The number of nitrogens with zero attached hydrogens (tertiary/aromatic N) is 4. The summed E-state index contributed by atoms with van der Waals surface area (Å²) in [4.78, 5) is 1.64. The average Bonchev–Trinajstić information content (AvgIpc) is 2.78. The molecule has 1 aromatic heterocycles. The molecule has 0 saturated heterocycles. The van der Waals surface area contributed by atoms with Crippen LogP contribution in [0.15, 0.2) is 6.20 Å². The second-order valence-corrected chi connectivity index (χ2v) is 5.18. The third kappa shape index (κ3) is 7.44. The van der Waals surface area contributed by atoms with E-state index in [2.05, 4.69) is 15.6 Å². The van der Waals surface area contributed by atoms with Crippen LogP contribution in [-0.2, 0) is 13.1 Å². The number of likely N-dealkylation sites (N-methyl/N-ethyl adjacent to an activating group) is 1. The maximum Gasteiger partial charge on any atom is 0.390 e. The van der Waals surface area contributed by atoms with Gasteiger partial charge >= 0.3 is 6.18 Å². The van der Waals surface area contributed by atoms with E-state index in [-0.39, 0.29) is 6.54 Å². The molecule has 0 bridgehead atoms. The summed E-state index contributed by atoms with van der Waals surface area (Å²) in [5.74, 6) is 0. The molecule has 1 rings (SSSR count). The van der Waals surface area contributed by atoms with Gasteiger partial charge in [0, 0.05) is 31.9 Å². The molecule has 0 saturated carbocycles. The molecule has 116 valence electrons. The lowest BCUT2D eigenvalue weighted by Gasteiger charge is -2.17. The number of hydrogen-bond donors (Lipinski definition) is 1. The molecule has 0 fully saturated rings. The minimum Gasteiger partial charge on any atom is -0.309 e. The van der Waals surface area contributed by atoms with Crippen molar-refractivity contribution in [2.45, 2.75) is 45.6 Å². The van der Waals surface area contributed by atoms with Crippen LogP contribution in [-0.4, -0.2) is 52.2 Å². The highest BCUT2D eigenvalue weighted by Crippen LogP contribution is 2.19. The van der Waals surface area contributed by atoms with Crippen LogP contribution < -0.4 is 5.32 Å². The van der Waals surface area contributed by atoms with E-state index in [1.165, 1.54) is 0 Å². The zero-order chi connectivity index (χ0) is 15.2. The zero-order valence-corrected chi connectivity index (χ0v) is 12.1. The second-order valence-electron chi connectivity index (χ2n) is 5.18. The van der Waals surface area contributed by atoms with Crippen LogP contribution in [0.1, 0.15) is 26.0 Å². The first-order valence-corrected chi connectivity index (χ1v) is 6.64. The summed E-state index contributed by atoms with van der Waals surface area (Å²) >= 11 is 0. The van der Waals surface area contributed by atoms with Crippen LogP contribution in [0.4, 0.5) is 13.2 Å². The first-order chi connectivity index (χ1) is 9.26. The zero-order valence-electron chi connectivity index (χ0n) is 12.1. The van der Waals surface area contributed by atoms with Gasteiger partial charge in [-0.3, -0.25) is 4.68 Å². The number of aromatic nitrogens is 3. The van der Waals surface area contributed by atoms with E-state index in [0.717, 1.165) is 5.69 Å². The van der Waals surface area contributed by atoms with Crippen molar-refractivity contribution >= 4 is 0 Å². The summed E-state index contributed by atoms with van der Waals surface area (Å²) in [6, 6.07) is 0.369. The van der Waals surface area contributed by atoms with Crippen molar-refractivity contribution in [3.05, 3.63) is 11.9 Å². The predicted octanol–water partition coefficient (Wildman–Crippen LogP) is 1.66. The van der Waals surface area contributed by atoms with Gasteiger partial charge in [-0.2, -0.15) is 13.2 Å². The number of rotatable bonds is 8. The molecule has 1 aromatic rings. The van der Waals surface area contributed by atoms with Crippen molar-refractivity contribution in [2.75, 3.05) is 20.1 Å². The molecule has 5 nitrogen and oxygen atoms in total. The van der Waals surface area contributed by atoms with Crippen molar-refractivity contribution < 1.29 is 13.2 Å². The predicted molar refractivity (Wildman–Crippen MR) is 70.2 cm³/mol. The summed E-state index contributed by atoms with van der Waals surface area (Å²) in [6.07, 6.45) is -3.07. The molecule has 0 aromatic carbocycles. The van der Waals surface area contributed by atoms with E-state index in [4.69, 9.17) is 0 Å². The monoisotopic (exact) mass is 293 g/mol. The molecule has 0 unspecified atom stereocenters. The topological polar surface area (TPSA) is 46.0 Å². The van der Waals surface area contributed by atoms with Gasteiger partial charge in [-0.25, -0.2) is 0 Å². The van der Waals surface area contributed by atoms with Gasteiger partial charge in [0.2, 0.25) is 0 Å². The molecule has 8 heteroatoms. The summed E-state index contributed by atoms with van der Waals surface area (Å²) in [5.41, 5.74) is 0.830. The van der Waals surface area contributed by atoms with E-state index >= 15 is 0 Å². The SMILES string of the molecule is CC(C)NCc1cn(CCN(C)CCC(F)(F)F)nn1. The van der Waals surface area contributed by atoms with E-state index in [1.54, 1.807) is 16.6 Å². The third-order valence-electron chi connectivity index (χ3n) is 2.77. The van der Waals surface area contributed by atoms with Gasteiger partial charge in [0.25, 0.3) is 0 Å². The molecule has 0 atom stereocenters. The fraction of sp³-hybridized carbons (Fsp3) is 0.833. The molecule has 0 radical (unpaired) electrons. The molecule has 20 heavy (non-hydrogen) atoms. The number of halogens is 3. The lowest BCUT2D eigenvalue weighted by atomic mass is 10.3. The summed E-state index contributed by atoms with van der Waals surface area (Å²) < 4.78 is 37.9. The van der Waals surface area contributed by atoms with Gasteiger partial charge in [0.1, 0.15) is 0 Å². The Morgan fingerprint density at radius 2 is 2.05 bits per heavy atom. The fourth-order valence-electron chi connectivity index (χ4n) is 1.54. The number of nitrogens with one attached hydrogen (secondary N) is 1. The molecule has 0 aliphatic heterocycles. The molecule has 0 aliphatic rings. The Bertz CT molecular complexity index is 389. The minimum absolute atomic E-state index is 0.0000404. The Morgan fingerprint density at radius 3 is 2.65 bits per heavy atom. The van der Waals surface area contributed by atoms with E-state index in [0.29, 0.717) is 25.7 Å². The smallest absolute Gasteiger partial charge is 0.309 e. The van der Waals surface area contributed by atoms with Crippen LogP contribution in [0.3, 0.4) is 0 Å². The van der Waals surface area contributed by atoms with Crippen molar-refractivity contribution in [1.29, 1.82) is 0 Å². The number of alkyl halides is 3. The Hall–Kier alpha value is -1.15. The quantitative estimate of drug-likeness (QED) is 0.792. The Labute approximate surface area is 117 Å². The van der Waals surface area contributed by atoms with Gasteiger partial charge in [0.05, 0.1) is 18.7 Å². The van der Waals surface area contributed by atoms with Crippen LogP contribution in [0.25, 0.3) is 0 Å². The summed E-state index contributed by atoms with van der Waals surface area (Å²) in [6.45, 7) is 5.77. The van der Waals surface area contributed by atoms with Crippen LogP contribution in [0, 0.1) is 0 Å². The highest BCUT2D eigenvalue weighted by Gasteiger charge is 2.26. The lowest BCUT2D eigenvalue weighted by molar-refractivity contribution is -0.137. The molecule has 0 aliphatic carbocycles. The number of hydrogen-bond acceptors (Lipinski definition) is 4. The molecule has 1 N–H and O–H groups in total.